The van der Waals surface area contributed by atoms with Crippen molar-refractivity contribution >= 4 is 35.0 Å². The molecule has 0 saturated carbocycles. The number of fused-ring (bicyclic) bond motifs is 1. The Morgan fingerprint density at radius 3 is 2.08 bits per heavy atom. The summed E-state index contributed by atoms with van der Waals surface area (Å²) in [5, 5.41) is 3.14. The van der Waals surface area contributed by atoms with Crippen LogP contribution in [0.5, 0.6) is 0 Å². The zero-order valence-electron chi connectivity index (χ0n) is 14.5. The highest BCUT2D eigenvalue weighted by molar-refractivity contribution is 6.33. The predicted molar refractivity (Wildman–Crippen MR) is 100 cm³/mol. The van der Waals surface area contributed by atoms with Crippen LogP contribution in [-0.2, 0) is 4.79 Å². The Morgan fingerprint density at radius 2 is 1.54 bits per heavy atom. The number of rotatable bonds is 5. The van der Waals surface area contributed by atoms with E-state index < -0.39 is 23.8 Å². The number of nitrogens with one attached hydrogen (secondary N) is 1. The van der Waals surface area contributed by atoms with E-state index in [4.69, 9.17) is 11.6 Å². The maximum atomic E-state index is 12.9. The van der Waals surface area contributed by atoms with Gasteiger partial charge in [0.05, 0.1) is 21.8 Å². The van der Waals surface area contributed by atoms with Crippen LogP contribution in [0.15, 0.2) is 48.5 Å². The largest absolute Gasteiger partial charge is 0.323 e. The number of hydrogen-bond donors (Lipinski definition) is 1. The van der Waals surface area contributed by atoms with Crippen molar-refractivity contribution in [2.24, 2.45) is 5.92 Å². The van der Waals surface area contributed by atoms with Crippen LogP contribution < -0.4 is 5.32 Å². The lowest BCUT2D eigenvalue weighted by molar-refractivity contribution is -0.120. The van der Waals surface area contributed by atoms with Gasteiger partial charge in [0.15, 0.2) is 0 Å². The molecule has 2 aromatic rings. The molecule has 1 N–H and O–H groups in total. The Bertz CT molecular complexity index is 844. The minimum Gasteiger partial charge on any atom is -0.323 e. The van der Waals surface area contributed by atoms with E-state index in [1.54, 1.807) is 48.5 Å². The van der Waals surface area contributed by atoms with Crippen molar-refractivity contribution in [1.82, 2.24) is 4.90 Å². The van der Waals surface area contributed by atoms with Crippen molar-refractivity contribution in [1.29, 1.82) is 0 Å². The molecule has 0 unspecified atom stereocenters. The van der Waals surface area contributed by atoms with Crippen molar-refractivity contribution in [2.45, 2.75) is 26.3 Å². The molecule has 3 amide bonds. The standard InChI is InChI=1S/C20H19ClN2O3/c1-12(2)11-17(18(24)22-16-10-6-5-9-15(16)21)23-19(25)13-7-3-4-8-14(13)20(23)26/h3-10,12,17H,11H2,1-2H3,(H,22,24)/t17-/m0/s1. The summed E-state index contributed by atoms with van der Waals surface area (Å²) in [4.78, 5) is 39.5. The van der Waals surface area contributed by atoms with Crippen molar-refractivity contribution in [2.75, 3.05) is 5.32 Å². The van der Waals surface area contributed by atoms with Gasteiger partial charge >= 0.3 is 0 Å². The summed E-state index contributed by atoms with van der Waals surface area (Å²) in [7, 11) is 0. The Balaban J connectivity index is 1.92. The fraction of sp³-hybridized carbons (Fsp3) is 0.250. The van der Waals surface area contributed by atoms with Crippen LogP contribution in [0.4, 0.5) is 5.69 Å². The average Bonchev–Trinajstić information content (AvgIpc) is 2.86. The second-order valence-electron chi connectivity index (χ2n) is 6.64. The first-order valence-corrected chi connectivity index (χ1v) is 8.80. The van der Waals surface area contributed by atoms with E-state index in [0.29, 0.717) is 28.3 Å². The van der Waals surface area contributed by atoms with Gasteiger partial charge in [-0.3, -0.25) is 19.3 Å². The molecule has 134 valence electrons. The molecule has 0 radical (unpaired) electrons. The van der Waals surface area contributed by atoms with Crippen LogP contribution in [0.25, 0.3) is 0 Å². The van der Waals surface area contributed by atoms with Gasteiger partial charge in [-0.25, -0.2) is 0 Å². The maximum absolute atomic E-state index is 12.9. The normalized spacial score (nSPS) is 14.5. The quantitative estimate of drug-likeness (QED) is 0.809. The number of imide groups is 1. The molecule has 0 aromatic heterocycles. The summed E-state index contributed by atoms with van der Waals surface area (Å²) < 4.78 is 0. The molecule has 26 heavy (non-hydrogen) atoms. The highest BCUT2D eigenvalue weighted by Crippen LogP contribution is 2.28. The Hall–Kier alpha value is -2.66. The number of carbonyl (C=O) groups is 3. The van der Waals surface area contributed by atoms with Gasteiger partial charge in [-0.2, -0.15) is 0 Å². The van der Waals surface area contributed by atoms with E-state index in [1.165, 1.54) is 0 Å². The molecule has 0 saturated heterocycles. The molecule has 5 nitrogen and oxygen atoms in total. The number of benzene rings is 2. The van der Waals surface area contributed by atoms with Gasteiger partial charge < -0.3 is 5.32 Å². The first-order chi connectivity index (χ1) is 12.4. The number of amides is 3. The van der Waals surface area contributed by atoms with Crippen LogP contribution in [0, 0.1) is 5.92 Å². The molecule has 0 aliphatic carbocycles. The van der Waals surface area contributed by atoms with Gasteiger partial charge in [-0.05, 0) is 36.6 Å². The molecular weight excluding hydrogens is 352 g/mol. The topological polar surface area (TPSA) is 66.5 Å². The van der Waals surface area contributed by atoms with E-state index in [0.717, 1.165) is 4.90 Å². The zero-order valence-corrected chi connectivity index (χ0v) is 15.3. The van der Waals surface area contributed by atoms with Gasteiger partial charge in [0.2, 0.25) is 5.91 Å². The molecule has 3 rings (SSSR count). The smallest absolute Gasteiger partial charge is 0.262 e. The molecule has 1 aliphatic rings. The predicted octanol–water partition coefficient (Wildman–Crippen LogP) is 3.99. The molecule has 0 bridgehead atoms. The van der Waals surface area contributed by atoms with Crippen LogP contribution in [0.3, 0.4) is 0 Å². The van der Waals surface area contributed by atoms with Crippen molar-refractivity contribution in [3.63, 3.8) is 0 Å². The van der Waals surface area contributed by atoms with Gasteiger partial charge in [-0.15, -0.1) is 0 Å². The lowest BCUT2D eigenvalue weighted by atomic mass is 10.0. The number of hydrogen-bond acceptors (Lipinski definition) is 3. The molecule has 6 heteroatoms. The second kappa shape index (κ2) is 7.30. The van der Waals surface area contributed by atoms with Gasteiger partial charge in [0, 0.05) is 0 Å². The molecule has 2 aromatic carbocycles. The lowest BCUT2D eigenvalue weighted by Crippen LogP contribution is -2.48. The summed E-state index contributed by atoms with van der Waals surface area (Å²) >= 11 is 6.11. The summed E-state index contributed by atoms with van der Waals surface area (Å²) in [5.74, 6) is -1.20. The summed E-state index contributed by atoms with van der Waals surface area (Å²) in [6, 6.07) is 12.6. The average molecular weight is 371 g/mol. The van der Waals surface area contributed by atoms with Crippen LogP contribution in [0.2, 0.25) is 5.02 Å². The van der Waals surface area contributed by atoms with E-state index in [2.05, 4.69) is 5.32 Å². The molecule has 0 fully saturated rings. The van der Waals surface area contributed by atoms with E-state index in [-0.39, 0.29) is 5.92 Å². The van der Waals surface area contributed by atoms with Crippen molar-refractivity contribution < 1.29 is 14.4 Å². The van der Waals surface area contributed by atoms with E-state index in [9.17, 15) is 14.4 Å². The minimum atomic E-state index is -0.904. The number of anilines is 1. The third kappa shape index (κ3) is 3.35. The van der Waals surface area contributed by atoms with Crippen LogP contribution in [-0.4, -0.2) is 28.7 Å². The third-order valence-electron chi connectivity index (χ3n) is 4.27. The highest BCUT2D eigenvalue weighted by Gasteiger charge is 2.42. The molecule has 1 atom stereocenters. The van der Waals surface area contributed by atoms with Gasteiger partial charge in [-0.1, -0.05) is 49.7 Å². The highest BCUT2D eigenvalue weighted by atomic mass is 35.5. The molecular formula is C20H19ClN2O3. The molecule has 1 aliphatic heterocycles. The van der Waals surface area contributed by atoms with Crippen molar-refractivity contribution in [3.8, 4) is 0 Å². The number of para-hydroxylation sites is 1. The fourth-order valence-corrected chi connectivity index (χ4v) is 3.23. The summed E-state index contributed by atoms with van der Waals surface area (Å²) in [6.07, 6.45) is 0.363. The summed E-state index contributed by atoms with van der Waals surface area (Å²) in [5.41, 5.74) is 1.11. The number of halogens is 1. The fourth-order valence-electron chi connectivity index (χ4n) is 3.05. The minimum absolute atomic E-state index is 0.112. The number of nitrogens with zero attached hydrogens (tertiary/aromatic N) is 1. The lowest BCUT2D eigenvalue weighted by Gasteiger charge is -2.27. The van der Waals surface area contributed by atoms with Gasteiger partial charge in [0.25, 0.3) is 11.8 Å². The van der Waals surface area contributed by atoms with E-state index in [1.807, 2.05) is 13.8 Å². The SMILES string of the molecule is CC(C)C[C@@H](C(=O)Nc1ccccc1Cl)N1C(=O)c2ccccc2C1=O. The first kappa shape index (κ1) is 18.1. The maximum Gasteiger partial charge on any atom is 0.262 e. The van der Waals surface area contributed by atoms with Crippen LogP contribution >= 0.6 is 11.6 Å². The first-order valence-electron chi connectivity index (χ1n) is 8.42. The van der Waals surface area contributed by atoms with E-state index >= 15 is 0 Å². The van der Waals surface area contributed by atoms with Crippen molar-refractivity contribution in [3.05, 3.63) is 64.7 Å². The zero-order chi connectivity index (χ0) is 18.8. The molecule has 0 spiro atoms. The molecule has 1 heterocycles. The van der Waals surface area contributed by atoms with Crippen LogP contribution in [0.1, 0.15) is 41.0 Å². The monoisotopic (exact) mass is 370 g/mol. The second-order valence-corrected chi connectivity index (χ2v) is 7.05. The Morgan fingerprint density at radius 1 is 1.00 bits per heavy atom. The summed E-state index contributed by atoms with van der Waals surface area (Å²) in [6.45, 7) is 3.88. The number of carbonyl (C=O) groups excluding carboxylic acids is 3. The van der Waals surface area contributed by atoms with Gasteiger partial charge in [0.1, 0.15) is 6.04 Å². The third-order valence-corrected chi connectivity index (χ3v) is 4.60. The Labute approximate surface area is 156 Å². The Kier molecular flexibility index (Phi) is 5.09.